The van der Waals surface area contributed by atoms with Crippen molar-refractivity contribution in [2.75, 3.05) is 5.75 Å². The van der Waals surface area contributed by atoms with Crippen LogP contribution in [-0.2, 0) is 15.0 Å². The number of nitrogens with zero attached hydrogens (tertiary/aromatic N) is 4. The Kier molecular flexibility index (Phi) is 3.21. The molecule has 1 amide bonds. The van der Waals surface area contributed by atoms with E-state index in [0.717, 1.165) is 17.1 Å². The molecule has 4 rings (SSSR count). The van der Waals surface area contributed by atoms with Crippen LogP contribution in [0.2, 0.25) is 0 Å². The fraction of sp³-hybridized carbons (Fsp3) is 0.375. The van der Waals surface area contributed by atoms with Gasteiger partial charge in [-0.05, 0) is 12.7 Å². The van der Waals surface area contributed by atoms with Gasteiger partial charge in [-0.25, -0.2) is 9.78 Å². The van der Waals surface area contributed by atoms with E-state index in [1.807, 2.05) is 24.4 Å². The summed E-state index contributed by atoms with van der Waals surface area (Å²) in [7, 11) is 0. The molecule has 4 heterocycles. The van der Waals surface area contributed by atoms with Crippen LogP contribution in [-0.4, -0.2) is 48.0 Å². The number of fused-ring (bicyclic) bond motifs is 2. The molecular formula is C16H16N4O3S. The summed E-state index contributed by atoms with van der Waals surface area (Å²) >= 11 is 1.47. The summed E-state index contributed by atoms with van der Waals surface area (Å²) in [5.74, 6) is 0.268. The molecule has 0 aliphatic carbocycles. The Labute approximate surface area is 142 Å². The Hall–Kier alpha value is -2.35. The molecule has 0 radical (unpaired) electrons. The minimum absolute atomic E-state index is 0.108. The highest BCUT2D eigenvalue weighted by Crippen LogP contribution is 2.55. The van der Waals surface area contributed by atoms with Gasteiger partial charge in [0.2, 0.25) is 5.91 Å². The zero-order valence-corrected chi connectivity index (χ0v) is 14.1. The maximum absolute atomic E-state index is 12.1. The average molecular weight is 344 g/mol. The Morgan fingerprint density at radius 3 is 2.96 bits per heavy atom. The third kappa shape index (κ3) is 1.74. The Balaban J connectivity index is 1.98. The van der Waals surface area contributed by atoms with Crippen LogP contribution >= 0.6 is 11.8 Å². The van der Waals surface area contributed by atoms with Gasteiger partial charge in [-0.15, -0.1) is 11.8 Å². The molecule has 8 heteroatoms. The topological polar surface area (TPSA) is 87.8 Å². The highest BCUT2D eigenvalue weighted by Gasteiger charge is 2.61. The highest BCUT2D eigenvalue weighted by atomic mass is 32.2. The second-order valence-corrected chi connectivity index (χ2v) is 7.33. The zero-order chi connectivity index (χ0) is 17.1. The number of β-lactam (4-membered cyclic amide) rings is 1. The van der Waals surface area contributed by atoms with E-state index in [9.17, 15) is 14.7 Å². The fourth-order valence-corrected chi connectivity index (χ4v) is 4.85. The highest BCUT2D eigenvalue weighted by molar-refractivity contribution is 8.03. The molecule has 0 bridgehead atoms. The van der Waals surface area contributed by atoms with E-state index in [4.69, 9.17) is 0 Å². The Morgan fingerprint density at radius 1 is 1.50 bits per heavy atom. The smallest absolute Gasteiger partial charge is 0.353 e. The van der Waals surface area contributed by atoms with Gasteiger partial charge >= 0.3 is 5.97 Å². The summed E-state index contributed by atoms with van der Waals surface area (Å²) in [4.78, 5) is 34.7. The maximum Gasteiger partial charge on any atom is 0.353 e. The van der Waals surface area contributed by atoms with Gasteiger partial charge in [-0.3, -0.25) is 14.2 Å². The third-order valence-electron chi connectivity index (χ3n) is 4.83. The molecule has 0 saturated carbocycles. The first-order valence-electron chi connectivity index (χ1n) is 7.70. The van der Waals surface area contributed by atoms with Gasteiger partial charge in [-0.1, -0.05) is 6.92 Å². The molecule has 2 aliphatic heterocycles. The van der Waals surface area contributed by atoms with Crippen molar-refractivity contribution in [2.45, 2.75) is 31.7 Å². The van der Waals surface area contributed by atoms with Crippen molar-refractivity contribution >= 4 is 29.2 Å². The largest absolute Gasteiger partial charge is 0.477 e. The van der Waals surface area contributed by atoms with Crippen LogP contribution in [0.1, 0.15) is 26.1 Å². The normalized spacial score (nSPS) is 26.0. The van der Waals surface area contributed by atoms with Crippen molar-refractivity contribution in [3.8, 4) is 0 Å². The molecule has 0 aromatic carbocycles. The monoisotopic (exact) mass is 344 g/mol. The van der Waals surface area contributed by atoms with Gasteiger partial charge in [0.15, 0.2) is 0 Å². The molecule has 2 aromatic heterocycles. The van der Waals surface area contributed by atoms with E-state index < -0.39 is 11.4 Å². The van der Waals surface area contributed by atoms with Crippen LogP contribution in [0.3, 0.4) is 0 Å². The van der Waals surface area contributed by atoms with Crippen LogP contribution in [0.5, 0.6) is 0 Å². The second kappa shape index (κ2) is 5.07. The van der Waals surface area contributed by atoms with E-state index >= 15 is 0 Å². The number of amides is 1. The van der Waals surface area contributed by atoms with Crippen molar-refractivity contribution in [1.29, 1.82) is 0 Å². The lowest BCUT2D eigenvalue weighted by Crippen LogP contribution is -2.57. The minimum Gasteiger partial charge on any atom is -0.477 e. The molecule has 1 N–H and O–H groups in total. The Bertz CT molecular complexity index is 906. The number of imidazole rings is 1. The summed E-state index contributed by atoms with van der Waals surface area (Å²) in [5, 5.41) is 9.69. The molecule has 2 aliphatic rings. The lowest BCUT2D eigenvalue weighted by atomic mass is 9.77. The van der Waals surface area contributed by atoms with Crippen LogP contribution in [0.25, 0.3) is 5.52 Å². The van der Waals surface area contributed by atoms with E-state index in [0.29, 0.717) is 11.3 Å². The predicted octanol–water partition coefficient (Wildman–Crippen LogP) is 1.65. The van der Waals surface area contributed by atoms with Crippen LogP contribution < -0.4 is 0 Å². The van der Waals surface area contributed by atoms with Crippen LogP contribution in [0.15, 0.2) is 35.4 Å². The molecule has 2 aromatic rings. The number of carboxylic acid groups (broad SMARTS) is 1. The third-order valence-corrected chi connectivity index (χ3v) is 6.03. The zero-order valence-electron chi connectivity index (χ0n) is 13.3. The number of carbonyl (C=O) groups is 2. The first-order valence-corrected chi connectivity index (χ1v) is 8.69. The SMILES string of the molecule is CCSC1=C(C(=O)O)N2C(=O)CC2C1(C)c1ncc2cnccn12. The lowest BCUT2D eigenvalue weighted by molar-refractivity contribution is -0.148. The molecule has 1 fully saturated rings. The lowest BCUT2D eigenvalue weighted by Gasteiger charge is -2.43. The number of carbonyl (C=O) groups excluding carboxylic acids is 1. The molecule has 124 valence electrons. The first-order chi connectivity index (χ1) is 11.5. The van der Waals surface area contributed by atoms with Gasteiger partial charge in [0, 0.05) is 23.7 Å². The number of carboxylic acids is 1. The van der Waals surface area contributed by atoms with Crippen molar-refractivity contribution in [3.63, 3.8) is 0 Å². The van der Waals surface area contributed by atoms with Crippen LogP contribution in [0.4, 0.5) is 0 Å². The van der Waals surface area contributed by atoms with Gasteiger partial charge in [0.25, 0.3) is 0 Å². The van der Waals surface area contributed by atoms with E-state index in [1.54, 1.807) is 18.6 Å². The van der Waals surface area contributed by atoms with E-state index in [-0.39, 0.29) is 17.6 Å². The van der Waals surface area contributed by atoms with Gasteiger partial charge < -0.3 is 10.0 Å². The van der Waals surface area contributed by atoms with Gasteiger partial charge in [0.1, 0.15) is 11.5 Å². The quantitative estimate of drug-likeness (QED) is 0.849. The summed E-state index contributed by atoms with van der Waals surface area (Å²) < 4.78 is 1.93. The number of thioether (sulfide) groups is 1. The number of hydrogen-bond donors (Lipinski definition) is 1. The maximum atomic E-state index is 12.1. The average Bonchev–Trinajstić information content (AvgIpc) is 3.06. The van der Waals surface area contributed by atoms with Crippen molar-refractivity contribution in [1.82, 2.24) is 19.3 Å². The number of rotatable bonds is 4. The number of aliphatic carboxylic acids is 1. The minimum atomic E-state index is -1.06. The van der Waals surface area contributed by atoms with Gasteiger partial charge in [-0.2, -0.15) is 0 Å². The molecule has 2 atom stereocenters. The summed E-state index contributed by atoms with van der Waals surface area (Å²) in [6, 6.07) is -0.205. The van der Waals surface area contributed by atoms with Crippen molar-refractivity contribution in [3.05, 3.63) is 41.2 Å². The second-order valence-electron chi connectivity index (χ2n) is 6.05. The molecule has 0 spiro atoms. The molecule has 1 saturated heterocycles. The van der Waals surface area contributed by atoms with E-state index in [1.165, 1.54) is 16.7 Å². The fourth-order valence-electron chi connectivity index (χ4n) is 3.71. The molecule has 2 unspecified atom stereocenters. The summed E-state index contributed by atoms with van der Waals surface area (Å²) in [6.45, 7) is 3.96. The Morgan fingerprint density at radius 2 is 2.29 bits per heavy atom. The standard InChI is InChI=1S/C16H16N4O3S/c1-3-24-13-12(14(22)23)20-10(6-11(20)21)16(13,2)15-18-8-9-7-17-4-5-19(9)15/h4-5,7-8,10H,3,6H2,1-2H3,(H,22,23). The van der Waals surface area contributed by atoms with Gasteiger partial charge in [0.05, 0.1) is 29.4 Å². The molecular weight excluding hydrogens is 328 g/mol. The van der Waals surface area contributed by atoms with Crippen molar-refractivity contribution < 1.29 is 14.7 Å². The summed E-state index contributed by atoms with van der Waals surface area (Å²) in [5.41, 5.74) is 0.308. The van der Waals surface area contributed by atoms with Crippen LogP contribution in [0, 0.1) is 0 Å². The molecule has 7 nitrogen and oxygen atoms in total. The summed E-state index contributed by atoms with van der Waals surface area (Å²) in [6.07, 6.45) is 7.27. The number of hydrogen-bond acceptors (Lipinski definition) is 5. The predicted molar refractivity (Wildman–Crippen MR) is 88.4 cm³/mol. The molecule has 24 heavy (non-hydrogen) atoms. The first kappa shape index (κ1) is 15.2. The van der Waals surface area contributed by atoms with E-state index in [2.05, 4.69) is 9.97 Å². The van der Waals surface area contributed by atoms with Crippen molar-refractivity contribution in [2.24, 2.45) is 0 Å². The number of aromatic nitrogens is 3.